The molecule has 0 saturated carbocycles. The number of hydrogen-bond donors (Lipinski definition) is 0. The molecule has 1 atom stereocenters. The Morgan fingerprint density at radius 2 is 1.85 bits per heavy atom. The van der Waals surface area contributed by atoms with Crippen molar-refractivity contribution < 1.29 is 23.8 Å². The lowest BCUT2D eigenvalue weighted by Crippen LogP contribution is -2.49. The van der Waals surface area contributed by atoms with Gasteiger partial charge in [-0.1, -0.05) is 0 Å². The summed E-state index contributed by atoms with van der Waals surface area (Å²) in [5.41, 5.74) is 3.35. The number of rotatable bonds is 4. The molecule has 1 saturated heterocycles. The smallest absolute Gasteiger partial charge is 0.254 e. The second-order valence-electron chi connectivity index (χ2n) is 8.70. The number of aromatic nitrogens is 1. The number of hydrogen-bond acceptors (Lipinski definition) is 5. The Morgan fingerprint density at radius 1 is 1.06 bits per heavy atom. The van der Waals surface area contributed by atoms with Crippen molar-refractivity contribution in [2.45, 2.75) is 12.5 Å². The number of amides is 2. The van der Waals surface area contributed by atoms with Gasteiger partial charge in [-0.2, -0.15) is 0 Å². The minimum absolute atomic E-state index is 0.0349. The van der Waals surface area contributed by atoms with E-state index in [4.69, 9.17) is 14.2 Å². The van der Waals surface area contributed by atoms with Gasteiger partial charge in [0.25, 0.3) is 11.8 Å². The molecule has 1 fully saturated rings. The fourth-order valence-electron chi connectivity index (χ4n) is 4.57. The van der Waals surface area contributed by atoms with Gasteiger partial charge in [0.1, 0.15) is 0 Å². The second-order valence-corrected chi connectivity index (χ2v) is 8.70. The summed E-state index contributed by atoms with van der Waals surface area (Å²) in [5, 5.41) is 1.02. The van der Waals surface area contributed by atoms with Crippen molar-refractivity contribution >= 4 is 22.7 Å². The van der Waals surface area contributed by atoms with Gasteiger partial charge in [0.2, 0.25) is 6.79 Å². The van der Waals surface area contributed by atoms with E-state index < -0.39 is 0 Å². The van der Waals surface area contributed by atoms with Gasteiger partial charge < -0.3 is 28.6 Å². The van der Waals surface area contributed by atoms with E-state index in [1.165, 1.54) is 0 Å². The van der Waals surface area contributed by atoms with E-state index in [9.17, 15) is 9.59 Å². The first kappa shape index (κ1) is 21.3. The maximum atomic E-state index is 13.4. The predicted octanol–water partition coefficient (Wildman–Crippen LogP) is 2.69. The molecule has 0 spiro atoms. The van der Waals surface area contributed by atoms with Crippen molar-refractivity contribution in [1.82, 2.24) is 14.4 Å². The maximum absolute atomic E-state index is 13.4. The first-order valence-corrected chi connectivity index (χ1v) is 11.0. The number of aryl methyl sites for hydroxylation is 1. The van der Waals surface area contributed by atoms with Crippen LogP contribution in [0.15, 0.2) is 42.6 Å². The number of fused-ring (bicyclic) bond motifs is 2. The molecule has 0 N–H and O–H groups in total. The largest absolute Gasteiger partial charge is 0.454 e. The van der Waals surface area contributed by atoms with Crippen LogP contribution >= 0.6 is 0 Å². The van der Waals surface area contributed by atoms with E-state index in [2.05, 4.69) is 10.8 Å². The monoisotopic (exact) mass is 449 g/mol. The normalized spacial score (nSPS) is 17.4. The van der Waals surface area contributed by atoms with Crippen molar-refractivity contribution in [3.8, 4) is 11.5 Å². The number of carbonyl (C=O) groups excluding carboxylic acids is 2. The van der Waals surface area contributed by atoms with Gasteiger partial charge in [0.05, 0.1) is 19.3 Å². The van der Waals surface area contributed by atoms with Crippen LogP contribution in [0.5, 0.6) is 11.5 Å². The van der Waals surface area contributed by atoms with E-state index in [0.29, 0.717) is 48.8 Å². The Balaban J connectivity index is 1.44. The van der Waals surface area contributed by atoms with Crippen LogP contribution in [-0.2, 0) is 18.2 Å². The molecule has 33 heavy (non-hydrogen) atoms. The highest BCUT2D eigenvalue weighted by Gasteiger charge is 2.30. The summed E-state index contributed by atoms with van der Waals surface area (Å²) >= 11 is 0. The first-order chi connectivity index (χ1) is 15.9. The van der Waals surface area contributed by atoms with Gasteiger partial charge in [-0.3, -0.25) is 9.59 Å². The van der Waals surface area contributed by atoms with Crippen LogP contribution in [0.25, 0.3) is 10.9 Å². The topological polar surface area (TPSA) is 73.2 Å². The third-order valence-electron chi connectivity index (χ3n) is 6.29. The SMILES string of the molecule is CN(C)C(=O)c1ccc2c(c1)c(C[C@H]1COCCN1C(=O)c1ccc3c(c1)OCO3)cn2C. The molecule has 3 heterocycles. The Bertz CT molecular complexity index is 1230. The number of carbonyl (C=O) groups is 2. The fourth-order valence-corrected chi connectivity index (χ4v) is 4.57. The van der Waals surface area contributed by atoms with Gasteiger partial charge in [-0.25, -0.2) is 0 Å². The molecule has 0 aliphatic carbocycles. The molecule has 0 bridgehead atoms. The molecule has 2 amide bonds. The summed E-state index contributed by atoms with van der Waals surface area (Å²) in [6.07, 6.45) is 2.71. The highest BCUT2D eigenvalue weighted by molar-refractivity contribution is 5.99. The van der Waals surface area contributed by atoms with Crippen molar-refractivity contribution in [2.24, 2.45) is 7.05 Å². The quantitative estimate of drug-likeness (QED) is 0.612. The summed E-state index contributed by atoms with van der Waals surface area (Å²) in [4.78, 5) is 29.4. The average Bonchev–Trinajstić information content (AvgIpc) is 3.42. The standard InChI is InChI=1S/C25H27N3O5/c1-26(2)24(29)16-4-6-21-20(11-16)18(13-27(21)3)10-19-14-31-9-8-28(19)25(30)17-5-7-22-23(12-17)33-15-32-22/h4-7,11-13,19H,8-10,14-15H2,1-3H3/t19-/m0/s1. The molecule has 2 aromatic carbocycles. The third kappa shape index (κ3) is 3.91. The zero-order chi connectivity index (χ0) is 23.1. The maximum Gasteiger partial charge on any atom is 0.254 e. The summed E-state index contributed by atoms with van der Waals surface area (Å²) < 4.78 is 18.6. The van der Waals surface area contributed by atoms with Crippen molar-refractivity contribution in [3.05, 3.63) is 59.3 Å². The lowest BCUT2D eigenvalue weighted by Gasteiger charge is -2.35. The zero-order valence-corrected chi connectivity index (χ0v) is 19.0. The molecule has 8 nitrogen and oxygen atoms in total. The minimum atomic E-state index is -0.115. The van der Waals surface area contributed by atoms with Crippen LogP contribution in [-0.4, -0.2) is 72.9 Å². The summed E-state index contributed by atoms with van der Waals surface area (Å²) in [6, 6.07) is 11.0. The number of benzene rings is 2. The highest BCUT2D eigenvalue weighted by Crippen LogP contribution is 2.33. The van der Waals surface area contributed by atoms with Crippen molar-refractivity contribution in [1.29, 1.82) is 0 Å². The zero-order valence-electron chi connectivity index (χ0n) is 19.0. The molecule has 172 valence electrons. The van der Waals surface area contributed by atoms with Crippen LogP contribution in [0.1, 0.15) is 26.3 Å². The van der Waals surface area contributed by atoms with Crippen LogP contribution in [0.4, 0.5) is 0 Å². The molecule has 5 rings (SSSR count). The molecule has 0 unspecified atom stereocenters. The summed E-state index contributed by atoms with van der Waals surface area (Å²) in [6.45, 7) is 1.66. The molecular weight excluding hydrogens is 422 g/mol. The Hall–Kier alpha value is -3.52. The Morgan fingerprint density at radius 3 is 2.67 bits per heavy atom. The van der Waals surface area contributed by atoms with E-state index in [0.717, 1.165) is 16.5 Å². The van der Waals surface area contributed by atoms with E-state index in [-0.39, 0.29) is 24.6 Å². The molecule has 8 heteroatoms. The lowest BCUT2D eigenvalue weighted by molar-refractivity contribution is -0.00157. The van der Waals surface area contributed by atoms with Gasteiger partial charge in [-0.05, 0) is 48.4 Å². The molecule has 0 radical (unpaired) electrons. The van der Waals surface area contributed by atoms with E-state index in [1.54, 1.807) is 37.2 Å². The van der Waals surface area contributed by atoms with Crippen molar-refractivity contribution in [2.75, 3.05) is 40.6 Å². The molecular formula is C25H27N3O5. The van der Waals surface area contributed by atoms with Gasteiger partial charge in [0, 0.05) is 55.9 Å². The van der Waals surface area contributed by atoms with Crippen LogP contribution in [0.3, 0.4) is 0 Å². The predicted molar refractivity (Wildman–Crippen MR) is 123 cm³/mol. The minimum Gasteiger partial charge on any atom is -0.454 e. The number of morpholine rings is 1. The van der Waals surface area contributed by atoms with Gasteiger partial charge in [0.15, 0.2) is 11.5 Å². The number of nitrogens with zero attached hydrogens (tertiary/aromatic N) is 3. The van der Waals surface area contributed by atoms with Crippen LogP contribution in [0.2, 0.25) is 0 Å². The van der Waals surface area contributed by atoms with Crippen LogP contribution in [0, 0.1) is 0 Å². The second kappa shape index (κ2) is 8.44. The molecule has 2 aliphatic rings. The summed E-state index contributed by atoms with van der Waals surface area (Å²) in [5.74, 6) is 1.17. The number of ether oxygens (including phenoxy) is 3. The van der Waals surface area contributed by atoms with Crippen LogP contribution < -0.4 is 9.47 Å². The average molecular weight is 450 g/mol. The Kier molecular flexibility index (Phi) is 5.46. The lowest BCUT2D eigenvalue weighted by atomic mass is 10.0. The fraction of sp³-hybridized carbons (Fsp3) is 0.360. The molecule has 2 aliphatic heterocycles. The van der Waals surface area contributed by atoms with E-state index >= 15 is 0 Å². The third-order valence-corrected chi connectivity index (χ3v) is 6.29. The summed E-state index contributed by atoms with van der Waals surface area (Å²) in [7, 11) is 5.49. The van der Waals surface area contributed by atoms with Gasteiger partial charge in [-0.15, -0.1) is 0 Å². The van der Waals surface area contributed by atoms with Gasteiger partial charge >= 0.3 is 0 Å². The molecule has 1 aromatic heterocycles. The molecule has 3 aromatic rings. The van der Waals surface area contributed by atoms with E-state index in [1.807, 2.05) is 30.1 Å². The first-order valence-electron chi connectivity index (χ1n) is 11.0. The highest BCUT2D eigenvalue weighted by atomic mass is 16.7. The Labute approximate surface area is 192 Å². The van der Waals surface area contributed by atoms with Crippen molar-refractivity contribution in [3.63, 3.8) is 0 Å².